The number of halogens is 4. The Balaban J connectivity index is 2.69. The van der Waals surface area contributed by atoms with Gasteiger partial charge < -0.3 is 5.11 Å². The van der Waals surface area contributed by atoms with Crippen molar-refractivity contribution in [3.63, 3.8) is 0 Å². The average Bonchev–Trinajstić information content (AvgIpc) is 2.60. The molecule has 0 amide bonds. The fourth-order valence-corrected chi connectivity index (χ4v) is 3.38. The number of sulfonamides is 1. The van der Waals surface area contributed by atoms with Crippen LogP contribution in [0.5, 0.6) is 0 Å². The number of hydrogen-bond acceptors (Lipinski definition) is 4. The molecule has 17 heavy (non-hydrogen) atoms. The van der Waals surface area contributed by atoms with Crippen molar-refractivity contribution in [1.29, 1.82) is 0 Å². The molecule has 1 aromatic rings. The summed E-state index contributed by atoms with van der Waals surface area (Å²) in [7, 11) is -4.07. The van der Waals surface area contributed by atoms with E-state index < -0.39 is 28.8 Å². The van der Waals surface area contributed by atoms with Crippen LogP contribution in [-0.4, -0.2) is 32.3 Å². The Morgan fingerprint density at radius 3 is 2.47 bits per heavy atom. The zero-order valence-corrected chi connectivity index (χ0v) is 10.4. The molecule has 10 heteroatoms. The van der Waals surface area contributed by atoms with Crippen molar-refractivity contribution in [2.24, 2.45) is 0 Å². The van der Waals surface area contributed by atoms with Gasteiger partial charge in [0, 0.05) is 6.54 Å². The molecule has 1 aromatic heterocycles. The van der Waals surface area contributed by atoms with Crippen molar-refractivity contribution in [2.45, 2.75) is 16.5 Å². The smallest absolute Gasteiger partial charge is 0.382 e. The number of hydrogen-bond donors (Lipinski definition) is 2. The van der Waals surface area contributed by atoms with E-state index in [0.717, 1.165) is 6.07 Å². The van der Waals surface area contributed by atoms with Crippen LogP contribution < -0.4 is 4.72 Å². The first-order chi connectivity index (χ1) is 7.63. The fourth-order valence-electron chi connectivity index (χ4n) is 0.818. The number of alkyl halides is 3. The first kappa shape index (κ1) is 14.7. The van der Waals surface area contributed by atoms with Crippen LogP contribution in [0.4, 0.5) is 13.2 Å². The van der Waals surface area contributed by atoms with E-state index in [1.165, 1.54) is 6.07 Å². The molecule has 0 fully saturated rings. The lowest BCUT2D eigenvalue weighted by Crippen LogP contribution is -2.40. The number of rotatable bonds is 4. The number of nitrogens with one attached hydrogen (secondary N) is 1. The van der Waals surface area contributed by atoms with Crippen molar-refractivity contribution in [3.8, 4) is 0 Å². The molecule has 0 spiro atoms. The van der Waals surface area contributed by atoms with Gasteiger partial charge in [0.1, 0.15) is 4.21 Å². The maximum atomic E-state index is 11.9. The van der Waals surface area contributed by atoms with E-state index in [-0.39, 0.29) is 8.55 Å². The quantitative estimate of drug-likeness (QED) is 0.888. The summed E-state index contributed by atoms with van der Waals surface area (Å²) in [4.78, 5) is 0. The van der Waals surface area contributed by atoms with Crippen LogP contribution in [0.3, 0.4) is 0 Å². The molecule has 0 aliphatic heterocycles. The molecule has 0 radical (unpaired) electrons. The zero-order chi connectivity index (χ0) is 13.3. The summed E-state index contributed by atoms with van der Waals surface area (Å²) in [5, 5.41) is 8.63. The van der Waals surface area contributed by atoms with Crippen LogP contribution in [0, 0.1) is 0 Å². The topological polar surface area (TPSA) is 66.4 Å². The van der Waals surface area contributed by atoms with Gasteiger partial charge in [0.25, 0.3) is 0 Å². The SMILES string of the molecule is O=S(=O)(NCC(O)C(F)(F)F)c1ccc(Cl)s1. The van der Waals surface area contributed by atoms with Crippen molar-refractivity contribution < 1.29 is 26.7 Å². The van der Waals surface area contributed by atoms with E-state index in [1.54, 1.807) is 4.72 Å². The predicted octanol–water partition coefficient (Wildman–Crippen LogP) is 1.60. The molecular formula is C7H7ClF3NO3S2. The third kappa shape index (κ3) is 4.11. The molecule has 1 rings (SSSR count). The fraction of sp³-hybridized carbons (Fsp3) is 0.429. The lowest BCUT2D eigenvalue weighted by molar-refractivity contribution is -0.200. The van der Waals surface area contributed by atoms with Gasteiger partial charge in [-0.1, -0.05) is 11.6 Å². The Bertz CT molecular complexity index is 485. The lowest BCUT2D eigenvalue weighted by Gasteiger charge is -2.14. The average molecular weight is 310 g/mol. The first-order valence-corrected chi connectivity index (χ1v) is 6.80. The van der Waals surface area contributed by atoms with Gasteiger partial charge in [0.2, 0.25) is 10.0 Å². The molecule has 0 aromatic carbocycles. The highest BCUT2D eigenvalue weighted by Gasteiger charge is 2.38. The Labute approximate surface area is 104 Å². The maximum absolute atomic E-state index is 11.9. The highest BCUT2D eigenvalue weighted by Crippen LogP contribution is 2.25. The molecule has 98 valence electrons. The second-order valence-corrected chi connectivity index (χ2v) is 6.68. The minimum Gasteiger partial charge on any atom is -0.382 e. The van der Waals surface area contributed by atoms with Crippen LogP contribution in [0.1, 0.15) is 0 Å². The second-order valence-electron chi connectivity index (χ2n) is 2.97. The number of aliphatic hydroxyl groups excluding tert-OH is 1. The molecule has 0 aliphatic rings. The highest BCUT2D eigenvalue weighted by molar-refractivity contribution is 7.91. The van der Waals surface area contributed by atoms with Crippen LogP contribution in [0.2, 0.25) is 4.34 Å². The Morgan fingerprint density at radius 1 is 1.47 bits per heavy atom. The standard InChI is InChI=1S/C7H7ClF3NO3S2/c8-5-1-2-6(16-5)17(14,15)12-3-4(13)7(9,10)11/h1-2,4,12-13H,3H2. The third-order valence-corrected chi connectivity index (χ3v) is 4.80. The van der Waals surface area contributed by atoms with Crippen LogP contribution >= 0.6 is 22.9 Å². The lowest BCUT2D eigenvalue weighted by atomic mass is 10.4. The monoisotopic (exact) mass is 309 g/mol. The molecule has 0 bridgehead atoms. The second kappa shape index (κ2) is 5.11. The molecule has 1 unspecified atom stereocenters. The molecule has 2 N–H and O–H groups in total. The molecule has 0 saturated heterocycles. The normalized spacial score (nSPS) is 14.9. The number of aliphatic hydroxyl groups is 1. The van der Waals surface area contributed by atoms with Gasteiger partial charge in [-0.25, -0.2) is 13.1 Å². The van der Waals surface area contributed by atoms with Gasteiger partial charge in [-0.3, -0.25) is 0 Å². The highest BCUT2D eigenvalue weighted by atomic mass is 35.5. The molecular weight excluding hydrogens is 303 g/mol. The van der Waals surface area contributed by atoms with Crippen molar-refractivity contribution in [1.82, 2.24) is 4.72 Å². The Hall–Kier alpha value is -0.350. The van der Waals surface area contributed by atoms with Gasteiger partial charge in [-0.2, -0.15) is 13.2 Å². The van der Waals surface area contributed by atoms with E-state index in [2.05, 4.69) is 0 Å². The Morgan fingerprint density at radius 2 is 2.06 bits per heavy atom. The van der Waals surface area contributed by atoms with Gasteiger partial charge in [-0.15, -0.1) is 11.3 Å². The van der Waals surface area contributed by atoms with Crippen LogP contribution in [-0.2, 0) is 10.0 Å². The number of thiophene rings is 1. The van der Waals surface area contributed by atoms with Crippen molar-refractivity contribution >= 4 is 33.0 Å². The van der Waals surface area contributed by atoms with Crippen molar-refractivity contribution in [2.75, 3.05) is 6.54 Å². The largest absolute Gasteiger partial charge is 0.415 e. The van der Waals surface area contributed by atoms with Gasteiger partial charge in [0.05, 0.1) is 4.34 Å². The predicted molar refractivity (Wildman–Crippen MR) is 56.6 cm³/mol. The molecule has 1 atom stereocenters. The summed E-state index contributed by atoms with van der Waals surface area (Å²) in [6.07, 6.45) is -7.61. The third-order valence-electron chi connectivity index (χ3n) is 1.66. The summed E-state index contributed by atoms with van der Waals surface area (Å²) in [5.41, 5.74) is 0. The van der Waals surface area contributed by atoms with Gasteiger partial charge in [0.15, 0.2) is 6.10 Å². The summed E-state index contributed by atoms with van der Waals surface area (Å²) in [6.45, 7) is -1.14. The molecule has 0 saturated carbocycles. The molecule has 4 nitrogen and oxygen atoms in total. The van der Waals surface area contributed by atoms with E-state index in [4.69, 9.17) is 16.7 Å². The van der Waals surface area contributed by atoms with E-state index in [0.29, 0.717) is 11.3 Å². The first-order valence-electron chi connectivity index (χ1n) is 4.13. The molecule has 1 heterocycles. The van der Waals surface area contributed by atoms with Crippen LogP contribution in [0.15, 0.2) is 16.3 Å². The van der Waals surface area contributed by atoms with Gasteiger partial charge >= 0.3 is 6.18 Å². The summed E-state index contributed by atoms with van der Waals surface area (Å²) >= 11 is 6.20. The van der Waals surface area contributed by atoms with E-state index in [9.17, 15) is 21.6 Å². The molecule has 0 aliphatic carbocycles. The zero-order valence-electron chi connectivity index (χ0n) is 8.03. The summed E-state index contributed by atoms with van der Waals surface area (Å²) in [6, 6.07) is 2.47. The minimum atomic E-state index is -4.87. The maximum Gasteiger partial charge on any atom is 0.415 e. The van der Waals surface area contributed by atoms with E-state index in [1.807, 2.05) is 0 Å². The summed E-state index contributed by atoms with van der Waals surface area (Å²) in [5.74, 6) is 0. The van der Waals surface area contributed by atoms with Gasteiger partial charge in [-0.05, 0) is 12.1 Å². The van der Waals surface area contributed by atoms with E-state index >= 15 is 0 Å². The van der Waals surface area contributed by atoms with Crippen molar-refractivity contribution in [3.05, 3.63) is 16.5 Å². The minimum absolute atomic E-state index is 0.196. The summed E-state index contributed by atoms with van der Waals surface area (Å²) < 4.78 is 60.3. The Kier molecular flexibility index (Phi) is 4.42. The van der Waals surface area contributed by atoms with Crippen LogP contribution in [0.25, 0.3) is 0 Å².